The molecule has 2 aromatic rings. The van der Waals surface area contributed by atoms with Crippen LogP contribution in [0.2, 0.25) is 0 Å². The van der Waals surface area contributed by atoms with Crippen LogP contribution < -0.4 is 11.1 Å². The number of hydrogen-bond acceptors (Lipinski definition) is 6. The van der Waals surface area contributed by atoms with Crippen molar-refractivity contribution < 1.29 is 32.4 Å². The van der Waals surface area contributed by atoms with Crippen LogP contribution in [0.5, 0.6) is 0 Å². The van der Waals surface area contributed by atoms with E-state index in [2.05, 4.69) is 5.32 Å². The molecule has 28 heavy (non-hydrogen) atoms. The Labute approximate surface area is 156 Å². The van der Waals surface area contributed by atoms with Crippen molar-refractivity contribution in [1.29, 1.82) is 0 Å². The summed E-state index contributed by atoms with van der Waals surface area (Å²) in [5.41, 5.74) is 3.68. The molecule has 0 spiro atoms. The number of nitro groups is 1. The molecule has 0 bridgehead atoms. The van der Waals surface area contributed by atoms with E-state index >= 15 is 0 Å². The number of amides is 1. The van der Waals surface area contributed by atoms with Gasteiger partial charge in [-0.05, 0) is 31.2 Å². The third kappa shape index (κ3) is 4.96. The van der Waals surface area contributed by atoms with Gasteiger partial charge in [-0.2, -0.15) is 13.2 Å². The third-order valence-electron chi connectivity index (χ3n) is 3.58. The minimum Gasteiger partial charge on any atom is -0.449 e. The summed E-state index contributed by atoms with van der Waals surface area (Å²) >= 11 is 0. The van der Waals surface area contributed by atoms with E-state index in [4.69, 9.17) is 10.5 Å². The van der Waals surface area contributed by atoms with Gasteiger partial charge in [0.05, 0.1) is 16.1 Å². The Morgan fingerprint density at radius 1 is 1.21 bits per heavy atom. The van der Waals surface area contributed by atoms with Crippen LogP contribution >= 0.6 is 0 Å². The summed E-state index contributed by atoms with van der Waals surface area (Å²) in [4.78, 5) is 34.3. The fourth-order valence-corrected chi connectivity index (χ4v) is 2.13. The van der Waals surface area contributed by atoms with Gasteiger partial charge in [-0.15, -0.1) is 0 Å². The molecular formula is C17H14F3N3O5. The van der Waals surface area contributed by atoms with Gasteiger partial charge in [0.1, 0.15) is 0 Å². The van der Waals surface area contributed by atoms with Crippen molar-refractivity contribution in [3.63, 3.8) is 0 Å². The summed E-state index contributed by atoms with van der Waals surface area (Å²) in [5, 5.41) is 13.0. The van der Waals surface area contributed by atoms with Gasteiger partial charge in [-0.1, -0.05) is 6.07 Å². The first-order valence-corrected chi connectivity index (χ1v) is 7.72. The van der Waals surface area contributed by atoms with Gasteiger partial charge >= 0.3 is 12.1 Å². The van der Waals surface area contributed by atoms with Crippen molar-refractivity contribution in [2.24, 2.45) is 0 Å². The summed E-state index contributed by atoms with van der Waals surface area (Å²) in [6, 6.07) is 7.04. The zero-order valence-corrected chi connectivity index (χ0v) is 14.3. The maximum absolute atomic E-state index is 12.7. The number of halogens is 3. The highest BCUT2D eigenvalue weighted by Gasteiger charge is 2.30. The molecule has 1 atom stereocenters. The van der Waals surface area contributed by atoms with E-state index in [9.17, 15) is 32.9 Å². The highest BCUT2D eigenvalue weighted by atomic mass is 19.4. The lowest BCUT2D eigenvalue weighted by Crippen LogP contribution is -2.30. The van der Waals surface area contributed by atoms with E-state index in [0.717, 1.165) is 36.4 Å². The molecule has 0 radical (unpaired) electrons. The number of carbonyl (C=O) groups excluding carboxylic acids is 2. The summed E-state index contributed by atoms with van der Waals surface area (Å²) in [7, 11) is 0. The number of hydrogen-bond donors (Lipinski definition) is 2. The van der Waals surface area contributed by atoms with Gasteiger partial charge in [0.25, 0.3) is 11.6 Å². The maximum Gasteiger partial charge on any atom is 0.416 e. The van der Waals surface area contributed by atoms with Crippen molar-refractivity contribution in [2.45, 2.75) is 19.2 Å². The third-order valence-corrected chi connectivity index (χ3v) is 3.58. The molecule has 1 amide bonds. The number of nitrogens with one attached hydrogen (secondary N) is 1. The Hall–Kier alpha value is -3.63. The Morgan fingerprint density at radius 2 is 1.89 bits per heavy atom. The highest BCUT2D eigenvalue weighted by Crippen LogP contribution is 2.30. The largest absolute Gasteiger partial charge is 0.449 e. The van der Waals surface area contributed by atoms with Crippen LogP contribution in [0.25, 0.3) is 0 Å². The van der Waals surface area contributed by atoms with Crippen LogP contribution in [-0.2, 0) is 15.7 Å². The Kier molecular flexibility index (Phi) is 5.87. The van der Waals surface area contributed by atoms with Gasteiger partial charge in [-0.25, -0.2) is 4.79 Å². The molecule has 0 aliphatic heterocycles. The summed E-state index contributed by atoms with van der Waals surface area (Å²) in [6.07, 6.45) is -5.99. The van der Waals surface area contributed by atoms with Crippen LogP contribution in [-0.4, -0.2) is 22.9 Å². The van der Waals surface area contributed by atoms with Crippen molar-refractivity contribution in [2.75, 3.05) is 11.1 Å². The lowest BCUT2D eigenvalue weighted by atomic mass is 10.1. The highest BCUT2D eigenvalue weighted by molar-refractivity contribution is 5.99. The Morgan fingerprint density at radius 3 is 2.50 bits per heavy atom. The SMILES string of the molecule is CC(OC(=O)c1cc([N+](=O)[O-])ccc1N)C(=O)Nc1cccc(C(F)(F)F)c1. The van der Waals surface area contributed by atoms with E-state index < -0.39 is 40.3 Å². The molecule has 2 aromatic carbocycles. The molecule has 0 aliphatic carbocycles. The molecule has 11 heteroatoms. The van der Waals surface area contributed by atoms with Crippen molar-refractivity contribution in [3.8, 4) is 0 Å². The second-order valence-corrected chi connectivity index (χ2v) is 5.64. The van der Waals surface area contributed by atoms with E-state index in [0.29, 0.717) is 0 Å². The number of alkyl halides is 3. The number of anilines is 2. The topological polar surface area (TPSA) is 125 Å². The average Bonchev–Trinajstić information content (AvgIpc) is 2.61. The van der Waals surface area contributed by atoms with E-state index in [1.165, 1.54) is 13.0 Å². The van der Waals surface area contributed by atoms with Gasteiger partial charge < -0.3 is 15.8 Å². The average molecular weight is 397 g/mol. The van der Waals surface area contributed by atoms with Crippen molar-refractivity contribution in [1.82, 2.24) is 0 Å². The molecular weight excluding hydrogens is 383 g/mol. The molecule has 2 rings (SSSR count). The number of rotatable bonds is 5. The van der Waals surface area contributed by atoms with Crippen LogP contribution in [0, 0.1) is 10.1 Å². The second-order valence-electron chi connectivity index (χ2n) is 5.64. The fraction of sp³-hybridized carbons (Fsp3) is 0.176. The molecule has 0 fully saturated rings. The zero-order chi connectivity index (χ0) is 21.1. The lowest BCUT2D eigenvalue weighted by Gasteiger charge is -2.15. The van der Waals surface area contributed by atoms with Crippen LogP contribution in [0.4, 0.5) is 30.2 Å². The minimum absolute atomic E-state index is 0.0962. The number of nitro benzene ring substituents is 1. The Bertz CT molecular complexity index is 930. The normalized spacial score (nSPS) is 12.1. The van der Waals surface area contributed by atoms with Gasteiger partial charge in [0.15, 0.2) is 6.10 Å². The second kappa shape index (κ2) is 7.94. The number of benzene rings is 2. The first kappa shape index (κ1) is 20.7. The number of nitrogen functional groups attached to an aromatic ring is 1. The maximum atomic E-state index is 12.7. The predicted molar refractivity (Wildman–Crippen MR) is 92.5 cm³/mol. The predicted octanol–water partition coefficient (Wildman–Crippen LogP) is 3.38. The van der Waals surface area contributed by atoms with Crippen molar-refractivity contribution in [3.05, 3.63) is 63.7 Å². The number of non-ortho nitro benzene ring substituents is 1. The first-order chi connectivity index (χ1) is 13.0. The molecule has 1 unspecified atom stereocenters. The molecule has 8 nitrogen and oxygen atoms in total. The van der Waals surface area contributed by atoms with Crippen LogP contribution in [0.15, 0.2) is 42.5 Å². The zero-order valence-electron chi connectivity index (χ0n) is 14.3. The molecule has 0 aromatic heterocycles. The summed E-state index contributed by atoms with van der Waals surface area (Å²) in [5.74, 6) is -1.98. The number of nitrogens with two attached hydrogens (primary N) is 1. The molecule has 0 heterocycles. The number of carbonyl (C=O) groups is 2. The Balaban J connectivity index is 2.10. The monoisotopic (exact) mass is 397 g/mol. The fourth-order valence-electron chi connectivity index (χ4n) is 2.13. The van der Waals surface area contributed by atoms with Gasteiger partial charge in [0, 0.05) is 23.5 Å². The minimum atomic E-state index is -4.58. The van der Waals surface area contributed by atoms with Crippen LogP contribution in [0.1, 0.15) is 22.8 Å². The van der Waals surface area contributed by atoms with Gasteiger partial charge in [0.2, 0.25) is 0 Å². The molecule has 0 aliphatic rings. The van der Waals surface area contributed by atoms with Crippen LogP contribution in [0.3, 0.4) is 0 Å². The molecule has 148 valence electrons. The summed E-state index contributed by atoms with van der Waals surface area (Å²) < 4.78 is 43.0. The van der Waals surface area contributed by atoms with E-state index in [1.54, 1.807) is 0 Å². The number of esters is 1. The molecule has 0 saturated carbocycles. The number of nitrogens with zero attached hydrogens (tertiary/aromatic N) is 1. The van der Waals surface area contributed by atoms with Crippen molar-refractivity contribution >= 4 is 28.9 Å². The quantitative estimate of drug-likeness (QED) is 0.345. The van der Waals surface area contributed by atoms with Gasteiger partial charge in [-0.3, -0.25) is 14.9 Å². The molecule has 0 saturated heterocycles. The molecule has 3 N–H and O–H groups in total. The van der Waals surface area contributed by atoms with E-state index in [-0.39, 0.29) is 16.9 Å². The summed E-state index contributed by atoms with van der Waals surface area (Å²) in [6.45, 7) is 1.19. The smallest absolute Gasteiger partial charge is 0.416 e. The van der Waals surface area contributed by atoms with E-state index in [1.807, 2.05) is 0 Å². The lowest BCUT2D eigenvalue weighted by molar-refractivity contribution is -0.384. The standard InChI is InChI=1S/C17H14F3N3O5/c1-9(15(24)22-11-4-2-3-10(7-11)17(18,19)20)28-16(25)13-8-12(23(26)27)5-6-14(13)21/h2-9H,21H2,1H3,(H,22,24). The first-order valence-electron chi connectivity index (χ1n) is 7.72. The number of ether oxygens (including phenoxy) is 1.